The van der Waals surface area contributed by atoms with Crippen LogP contribution in [0.3, 0.4) is 0 Å². The fraction of sp³-hybridized carbons (Fsp3) is 0.533. The number of nitrogens with two attached hydrogens (primary N) is 1. The van der Waals surface area contributed by atoms with E-state index in [0.717, 1.165) is 25.2 Å². The van der Waals surface area contributed by atoms with E-state index in [9.17, 15) is 4.79 Å². The van der Waals surface area contributed by atoms with Gasteiger partial charge >= 0.3 is 0 Å². The molecule has 0 aromatic heterocycles. The van der Waals surface area contributed by atoms with Crippen molar-refractivity contribution in [2.75, 3.05) is 37.7 Å². The lowest BCUT2D eigenvalue weighted by Gasteiger charge is -2.26. The minimum absolute atomic E-state index is 0. The molecule has 1 saturated heterocycles. The number of thioether (sulfide) groups is 1. The molecule has 126 valence electrons. The second-order valence-electron chi connectivity index (χ2n) is 5.13. The highest BCUT2D eigenvalue weighted by Gasteiger charge is 2.16. The number of aryl methyl sites for hydroxylation is 1. The zero-order chi connectivity index (χ0) is 14.4. The summed E-state index contributed by atoms with van der Waals surface area (Å²) in [6.45, 7) is 5.83. The average molecular weight is 366 g/mol. The van der Waals surface area contributed by atoms with Crippen molar-refractivity contribution in [3.63, 3.8) is 0 Å². The van der Waals surface area contributed by atoms with Gasteiger partial charge in [-0.25, -0.2) is 0 Å². The molecule has 0 spiro atoms. The lowest BCUT2D eigenvalue weighted by molar-refractivity contribution is -0.122. The van der Waals surface area contributed by atoms with Gasteiger partial charge in [-0.2, -0.15) is 11.8 Å². The minimum Gasteiger partial charge on any atom is -0.353 e. The number of halogens is 2. The van der Waals surface area contributed by atoms with Crippen molar-refractivity contribution < 1.29 is 4.79 Å². The molecule has 0 radical (unpaired) electrons. The molecule has 1 heterocycles. The third kappa shape index (κ3) is 6.75. The van der Waals surface area contributed by atoms with Crippen molar-refractivity contribution in [2.24, 2.45) is 5.73 Å². The Bertz CT molecular complexity index is 439. The number of amides is 1. The number of hydrogen-bond acceptors (Lipinski definition) is 4. The van der Waals surface area contributed by atoms with Gasteiger partial charge in [-0.05, 0) is 12.5 Å². The first-order valence-electron chi connectivity index (χ1n) is 7.07. The van der Waals surface area contributed by atoms with Crippen molar-refractivity contribution in [1.82, 2.24) is 10.2 Å². The van der Waals surface area contributed by atoms with Crippen LogP contribution in [-0.4, -0.2) is 48.5 Å². The molecule has 1 aromatic carbocycles. The number of carbonyl (C=O) groups is 1. The molecular formula is C15H25Cl2N3OS. The molecule has 7 heteroatoms. The van der Waals surface area contributed by atoms with Gasteiger partial charge in [0.25, 0.3) is 0 Å². The summed E-state index contributed by atoms with van der Waals surface area (Å²) in [6.07, 6.45) is 0. The Morgan fingerprint density at radius 1 is 1.27 bits per heavy atom. The predicted molar refractivity (Wildman–Crippen MR) is 99.4 cm³/mol. The summed E-state index contributed by atoms with van der Waals surface area (Å²) in [5, 5.41) is 2.93. The molecule has 1 aliphatic rings. The Balaban J connectivity index is 0.00000220. The number of rotatable bonds is 5. The molecule has 0 bridgehead atoms. The SMILES string of the molecule is Cc1ccc(C(N)C(=O)NCCN2CCSCC2)cc1.Cl.Cl. The van der Waals surface area contributed by atoms with Gasteiger partial charge in [0.1, 0.15) is 6.04 Å². The zero-order valence-electron chi connectivity index (χ0n) is 12.8. The van der Waals surface area contributed by atoms with Gasteiger partial charge in [0, 0.05) is 37.7 Å². The summed E-state index contributed by atoms with van der Waals surface area (Å²) < 4.78 is 0. The molecular weight excluding hydrogens is 341 g/mol. The van der Waals surface area contributed by atoms with Crippen LogP contribution in [-0.2, 0) is 4.79 Å². The third-order valence-electron chi connectivity index (χ3n) is 3.55. The van der Waals surface area contributed by atoms with Gasteiger partial charge in [-0.3, -0.25) is 9.69 Å². The van der Waals surface area contributed by atoms with E-state index in [1.807, 2.05) is 43.0 Å². The quantitative estimate of drug-likeness (QED) is 0.837. The van der Waals surface area contributed by atoms with Crippen molar-refractivity contribution in [2.45, 2.75) is 13.0 Å². The molecule has 22 heavy (non-hydrogen) atoms. The highest BCUT2D eigenvalue weighted by molar-refractivity contribution is 7.99. The van der Waals surface area contributed by atoms with Crippen LogP contribution in [0.15, 0.2) is 24.3 Å². The van der Waals surface area contributed by atoms with E-state index in [1.165, 1.54) is 17.1 Å². The zero-order valence-corrected chi connectivity index (χ0v) is 15.2. The summed E-state index contributed by atoms with van der Waals surface area (Å²) in [5.41, 5.74) is 8.01. The summed E-state index contributed by atoms with van der Waals surface area (Å²) in [4.78, 5) is 14.4. The first-order chi connectivity index (χ1) is 9.66. The number of nitrogens with zero attached hydrogens (tertiary/aromatic N) is 1. The van der Waals surface area contributed by atoms with E-state index in [1.54, 1.807) is 0 Å². The number of carbonyl (C=O) groups excluding carboxylic acids is 1. The fourth-order valence-corrected chi connectivity index (χ4v) is 3.18. The van der Waals surface area contributed by atoms with Crippen LogP contribution in [0.2, 0.25) is 0 Å². The smallest absolute Gasteiger partial charge is 0.241 e. The Morgan fingerprint density at radius 2 is 1.86 bits per heavy atom. The maximum absolute atomic E-state index is 12.0. The predicted octanol–water partition coefficient (Wildman–Crippen LogP) is 2.00. The number of benzene rings is 1. The van der Waals surface area contributed by atoms with E-state index < -0.39 is 6.04 Å². The van der Waals surface area contributed by atoms with Gasteiger partial charge in [0.15, 0.2) is 0 Å². The van der Waals surface area contributed by atoms with E-state index in [2.05, 4.69) is 10.2 Å². The molecule has 1 aromatic rings. The second kappa shape index (κ2) is 11.1. The highest BCUT2D eigenvalue weighted by atomic mass is 35.5. The molecule has 4 nitrogen and oxygen atoms in total. The molecule has 1 unspecified atom stereocenters. The molecule has 2 rings (SSSR count). The average Bonchev–Trinajstić information content (AvgIpc) is 2.48. The molecule has 1 atom stereocenters. The van der Waals surface area contributed by atoms with Gasteiger partial charge in [-0.1, -0.05) is 29.8 Å². The molecule has 1 fully saturated rings. The third-order valence-corrected chi connectivity index (χ3v) is 4.49. The van der Waals surface area contributed by atoms with Crippen molar-refractivity contribution in [3.05, 3.63) is 35.4 Å². The standard InChI is InChI=1S/C15H23N3OS.2ClH/c1-12-2-4-13(5-3-12)14(16)15(19)17-6-7-18-8-10-20-11-9-18;;/h2-5,14H,6-11,16H2,1H3,(H,17,19);2*1H. The first-order valence-corrected chi connectivity index (χ1v) is 8.22. The summed E-state index contributed by atoms with van der Waals surface area (Å²) in [6, 6.07) is 7.22. The molecule has 0 aliphatic carbocycles. The molecule has 3 N–H and O–H groups in total. The topological polar surface area (TPSA) is 58.4 Å². The Hall–Kier alpha value is -0.460. The van der Waals surface area contributed by atoms with Crippen LogP contribution in [0.4, 0.5) is 0 Å². The Kier molecular flexibility index (Phi) is 10.9. The van der Waals surface area contributed by atoms with Crippen molar-refractivity contribution in [1.29, 1.82) is 0 Å². The van der Waals surface area contributed by atoms with Crippen LogP contribution < -0.4 is 11.1 Å². The normalized spacial score (nSPS) is 16.1. The lowest BCUT2D eigenvalue weighted by Crippen LogP contribution is -2.41. The number of nitrogens with one attached hydrogen (secondary N) is 1. The molecule has 1 aliphatic heterocycles. The van der Waals surface area contributed by atoms with Gasteiger partial charge in [-0.15, -0.1) is 24.8 Å². The summed E-state index contributed by atoms with van der Waals surface area (Å²) >= 11 is 1.99. The van der Waals surface area contributed by atoms with Crippen molar-refractivity contribution >= 4 is 42.5 Å². The monoisotopic (exact) mass is 365 g/mol. The van der Waals surface area contributed by atoms with Crippen LogP contribution in [0.5, 0.6) is 0 Å². The second-order valence-corrected chi connectivity index (χ2v) is 6.36. The first kappa shape index (κ1) is 21.5. The Morgan fingerprint density at radius 3 is 2.45 bits per heavy atom. The summed E-state index contributed by atoms with van der Waals surface area (Å²) in [7, 11) is 0. The van der Waals surface area contributed by atoms with Crippen LogP contribution >= 0.6 is 36.6 Å². The van der Waals surface area contributed by atoms with Gasteiger partial charge in [0.2, 0.25) is 5.91 Å². The highest BCUT2D eigenvalue weighted by Crippen LogP contribution is 2.11. The summed E-state index contributed by atoms with van der Waals surface area (Å²) in [5.74, 6) is 2.29. The number of hydrogen-bond donors (Lipinski definition) is 2. The lowest BCUT2D eigenvalue weighted by atomic mass is 10.1. The van der Waals surface area contributed by atoms with E-state index in [4.69, 9.17) is 5.73 Å². The van der Waals surface area contributed by atoms with Crippen LogP contribution in [0, 0.1) is 6.92 Å². The van der Waals surface area contributed by atoms with E-state index in [0.29, 0.717) is 6.54 Å². The molecule has 0 saturated carbocycles. The minimum atomic E-state index is -0.576. The molecule has 1 amide bonds. The fourth-order valence-electron chi connectivity index (χ4n) is 2.20. The van der Waals surface area contributed by atoms with Crippen LogP contribution in [0.25, 0.3) is 0 Å². The maximum atomic E-state index is 12.0. The Labute approximate surface area is 149 Å². The van der Waals surface area contributed by atoms with Gasteiger partial charge < -0.3 is 11.1 Å². The van der Waals surface area contributed by atoms with Crippen molar-refractivity contribution in [3.8, 4) is 0 Å². The largest absolute Gasteiger partial charge is 0.353 e. The van der Waals surface area contributed by atoms with E-state index in [-0.39, 0.29) is 30.7 Å². The van der Waals surface area contributed by atoms with Crippen LogP contribution in [0.1, 0.15) is 17.2 Å². The van der Waals surface area contributed by atoms with Gasteiger partial charge in [0.05, 0.1) is 0 Å². The maximum Gasteiger partial charge on any atom is 0.241 e. The van der Waals surface area contributed by atoms with E-state index >= 15 is 0 Å².